The van der Waals surface area contributed by atoms with Crippen LogP contribution in [-0.4, -0.2) is 47.7 Å². The Bertz CT molecular complexity index is 325. The van der Waals surface area contributed by atoms with E-state index in [-0.39, 0.29) is 24.3 Å². The lowest BCUT2D eigenvalue weighted by atomic mass is 9.93. The van der Waals surface area contributed by atoms with Crippen molar-refractivity contribution in [3.63, 3.8) is 0 Å². The van der Waals surface area contributed by atoms with Crippen molar-refractivity contribution in [3.8, 4) is 0 Å². The van der Waals surface area contributed by atoms with E-state index in [2.05, 4.69) is 0 Å². The van der Waals surface area contributed by atoms with Gasteiger partial charge in [0.25, 0.3) is 0 Å². The molecule has 0 radical (unpaired) electrons. The summed E-state index contributed by atoms with van der Waals surface area (Å²) < 4.78 is 5.29. The molecule has 0 aromatic rings. The summed E-state index contributed by atoms with van der Waals surface area (Å²) in [5.41, 5.74) is 0. The van der Waals surface area contributed by atoms with Crippen LogP contribution in [0.5, 0.6) is 0 Å². The molecule has 1 amide bonds. The summed E-state index contributed by atoms with van der Waals surface area (Å²) in [6, 6.07) is 0.125. The second-order valence-electron chi connectivity index (χ2n) is 5.50. The fraction of sp³-hybridized carbons (Fsp3) is 0.857. The number of amides is 1. The number of aliphatic carboxylic acids is 1. The maximum absolute atomic E-state index is 12.5. The predicted octanol–water partition coefficient (Wildman–Crippen LogP) is 1.66. The van der Waals surface area contributed by atoms with E-state index in [9.17, 15) is 9.59 Å². The standard InChI is InChI=1S/C14H23NO4/c16-13(17)5-4-12-3-1-2-8-15(12)14(18)11-6-9-19-10-7-11/h11-12H,1-10H2,(H,16,17). The van der Waals surface area contributed by atoms with Crippen molar-refractivity contribution in [3.05, 3.63) is 0 Å². The monoisotopic (exact) mass is 269 g/mol. The van der Waals surface area contributed by atoms with Gasteiger partial charge < -0.3 is 14.7 Å². The van der Waals surface area contributed by atoms with Gasteiger partial charge in [-0.2, -0.15) is 0 Å². The molecule has 2 aliphatic rings. The highest BCUT2D eigenvalue weighted by Crippen LogP contribution is 2.26. The molecular formula is C14H23NO4. The number of carboxylic acids is 1. The molecule has 2 aliphatic heterocycles. The molecule has 1 N–H and O–H groups in total. The highest BCUT2D eigenvalue weighted by molar-refractivity contribution is 5.79. The first-order valence-electron chi connectivity index (χ1n) is 7.28. The predicted molar refractivity (Wildman–Crippen MR) is 69.8 cm³/mol. The van der Waals surface area contributed by atoms with Crippen LogP contribution < -0.4 is 0 Å². The second-order valence-corrected chi connectivity index (χ2v) is 5.50. The largest absolute Gasteiger partial charge is 0.481 e. The van der Waals surface area contributed by atoms with Crippen molar-refractivity contribution in [1.29, 1.82) is 0 Å². The third kappa shape index (κ3) is 3.93. The van der Waals surface area contributed by atoms with Crippen molar-refractivity contribution in [2.24, 2.45) is 5.92 Å². The van der Waals surface area contributed by atoms with Crippen molar-refractivity contribution >= 4 is 11.9 Å². The summed E-state index contributed by atoms with van der Waals surface area (Å²) in [5, 5.41) is 8.80. The third-order valence-corrected chi connectivity index (χ3v) is 4.17. The van der Waals surface area contributed by atoms with E-state index in [1.165, 1.54) is 0 Å². The van der Waals surface area contributed by atoms with Gasteiger partial charge in [-0.25, -0.2) is 0 Å². The highest BCUT2D eigenvalue weighted by atomic mass is 16.5. The Morgan fingerprint density at radius 2 is 1.89 bits per heavy atom. The van der Waals surface area contributed by atoms with E-state index >= 15 is 0 Å². The van der Waals surface area contributed by atoms with Gasteiger partial charge in [0.2, 0.25) is 5.91 Å². The third-order valence-electron chi connectivity index (χ3n) is 4.17. The van der Waals surface area contributed by atoms with Crippen LogP contribution in [0.1, 0.15) is 44.9 Å². The molecule has 0 bridgehead atoms. The summed E-state index contributed by atoms with van der Waals surface area (Å²) in [5.74, 6) is -0.471. The zero-order valence-electron chi connectivity index (χ0n) is 11.3. The Balaban J connectivity index is 1.93. The lowest BCUT2D eigenvalue weighted by Gasteiger charge is -2.38. The van der Waals surface area contributed by atoms with Crippen molar-refractivity contribution < 1.29 is 19.4 Å². The van der Waals surface area contributed by atoms with Gasteiger partial charge in [0, 0.05) is 38.1 Å². The highest BCUT2D eigenvalue weighted by Gasteiger charge is 2.32. The molecule has 5 nitrogen and oxygen atoms in total. The molecule has 0 aliphatic carbocycles. The van der Waals surface area contributed by atoms with Gasteiger partial charge in [-0.05, 0) is 38.5 Å². The van der Waals surface area contributed by atoms with Crippen LogP contribution in [0, 0.1) is 5.92 Å². The zero-order valence-corrected chi connectivity index (χ0v) is 11.3. The molecule has 108 valence electrons. The second kappa shape index (κ2) is 6.89. The molecule has 0 saturated carbocycles. The van der Waals surface area contributed by atoms with Gasteiger partial charge in [-0.1, -0.05) is 0 Å². The number of carbonyl (C=O) groups excluding carboxylic acids is 1. The van der Waals surface area contributed by atoms with Crippen LogP contribution in [0.2, 0.25) is 0 Å². The average Bonchev–Trinajstić information content (AvgIpc) is 2.45. The van der Waals surface area contributed by atoms with E-state index < -0.39 is 5.97 Å². The quantitative estimate of drug-likeness (QED) is 0.843. The minimum Gasteiger partial charge on any atom is -0.481 e. The molecule has 1 atom stereocenters. The van der Waals surface area contributed by atoms with E-state index in [4.69, 9.17) is 9.84 Å². The first-order chi connectivity index (χ1) is 9.18. The molecule has 0 spiro atoms. The van der Waals surface area contributed by atoms with Crippen LogP contribution in [-0.2, 0) is 14.3 Å². The molecule has 1 unspecified atom stereocenters. The molecule has 0 aromatic heterocycles. The Morgan fingerprint density at radius 3 is 2.58 bits per heavy atom. The number of ether oxygens (including phenoxy) is 1. The maximum Gasteiger partial charge on any atom is 0.303 e. The topological polar surface area (TPSA) is 66.8 Å². The Kier molecular flexibility index (Phi) is 5.19. The summed E-state index contributed by atoms with van der Waals surface area (Å²) in [6.07, 6.45) is 5.44. The van der Waals surface area contributed by atoms with Crippen LogP contribution in [0.15, 0.2) is 0 Å². The Hall–Kier alpha value is -1.10. The normalized spacial score (nSPS) is 25.3. The number of hydrogen-bond donors (Lipinski definition) is 1. The molecule has 19 heavy (non-hydrogen) atoms. The smallest absolute Gasteiger partial charge is 0.303 e. The summed E-state index contributed by atoms with van der Waals surface area (Å²) in [7, 11) is 0. The minimum absolute atomic E-state index is 0.0826. The van der Waals surface area contributed by atoms with Gasteiger partial charge in [-0.3, -0.25) is 9.59 Å². The van der Waals surface area contributed by atoms with E-state index in [0.717, 1.165) is 38.6 Å². The van der Waals surface area contributed by atoms with Gasteiger partial charge in [0.1, 0.15) is 0 Å². The zero-order chi connectivity index (χ0) is 13.7. The fourth-order valence-electron chi connectivity index (χ4n) is 3.06. The first kappa shape index (κ1) is 14.3. The number of hydrogen-bond acceptors (Lipinski definition) is 3. The fourth-order valence-corrected chi connectivity index (χ4v) is 3.06. The van der Waals surface area contributed by atoms with Crippen LogP contribution in [0.3, 0.4) is 0 Å². The lowest BCUT2D eigenvalue weighted by Crippen LogP contribution is -2.47. The van der Waals surface area contributed by atoms with Gasteiger partial charge >= 0.3 is 5.97 Å². The van der Waals surface area contributed by atoms with Crippen molar-refractivity contribution in [2.75, 3.05) is 19.8 Å². The van der Waals surface area contributed by atoms with Gasteiger partial charge in [0.15, 0.2) is 0 Å². The number of likely N-dealkylation sites (tertiary alicyclic amines) is 1. The van der Waals surface area contributed by atoms with Crippen molar-refractivity contribution in [2.45, 2.75) is 51.0 Å². The first-order valence-corrected chi connectivity index (χ1v) is 7.28. The summed E-state index contributed by atoms with van der Waals surface area (Å²) >= 11 is 0. The average molecular weight is 269 g/mol. The van der Waals surface area contributed by atoms with Crippen LogP contribution in [0.25, 0.3) is 0 Å². The minimum atomic E-state index is -0.774. The molecule has 2 rings (SSSR count). The number of carboxylic acid groups (broad SMARTS) is 1. The number of carbonyl (C=O) groups is 2. The van der Waals surface area contributed by atoms with Crippen molar-refractivity contribution in [1.82, 2.24) is 4.90 Å². The lowest BCUT2D eigenvalue weighted by molar-refractivity contribution is -0.144. The summed E-state index contributed by atoms with van der Waals surface area (Å²) in [6.45, 7) is 2.13. The van der Waals surface area contributed by atoms with E-state index in [1.807, 2.05) is 4.90 Å². The molecule has 5 heteroatoms. The van der Waals surface area contributed by atoms with Gasteiger partial charge in [-0.15, -0.1) is 0 Å². The Labute approximate surface area is 113 Å². The SMILES string of the molecule is O=C(O)CCC1CCCCN1C(=O)C1CCOCC1. The van der Waals surface area contributed by atoms with Crippen LogP contribution in [0.4, 0.5) is 0 Å². The molecule has 2 fully saturated rings. The molecular weight excluding hydrogens is 246 g/mol. The maximum atomic E-state index is 12.5. The number of nitrogens with zero attached hydrogens (tertiary/aromatic N) is 1. The van der Waals surface area contributed by atoms with Crippen LogP contribution >= 0.6 is 0 Å². The van der Waals surface area contributed by atoms with E-state index in [1.54, 1.807) is 0 Å². The molecule has 2 heterocycles. The summed E-state index contributed by atoms with van der Waals surface area (Å²) in [4.78, 5) is 25.2. The van der Waals surface area contributed by atoms with E-state index in [0.29, 0.717) is 19.6 Å². The molecule has 2 saturated heterocycles. The Morgan fingerprint density at radius 1 is 1.16 bits per heavy atom. The molecule has 0 aromatic carbocycles. The number of rotatable bonds is 4. The number of piperidine rings is 1. The van der Waals surface area contributed by atoms with Gasteiger partial charge in [0.05, 0.1) is 0 Å².